The van der Waals surface area contributed by atoms with E-state index in [-0.39, 0.29) is 59.0 Å². The first-order chi connectivity index (χ1) is 20.5. The van der Waals surface area contributed by atoms with Crippen LogP contribution in [0.3, 0.4) is 0 Å². The van der Waals surface area contributed by atoms with Crippen molar-refractivity contribution in [2.75, 3.05) is 24.5 Å². The van der Waals surface area contributed by atoms with Crippen LogP contribution in [0.5, 0.6) is 0 Å². The highest BCUT2D eigenvalue weighted by molar-refractivity contribution is 5.94. The molecule has 1 unspecified atom stereocenters. The molecule has 6 rings (SSSR count). The maximum atomic E-state index is 14.3. The number of likely N-dealkylation sites (tertiary alicyclic amines) is 1. The highest BCUT2D eigenvalue weighted by atomic mass is 19.2. The monoisotopic (exact) mass is 591 g/mol. The molecule has 1 amide bonds. The third-order valence-electron chi connectivity index (χ3n) is 8.58. The van der Waals surface area contributed by atoms with Crippen LogP contribution in [0.4, 0.5) is 19.0 Å². The normalized spacial score (nSPS) is 20.0. The summed E-state index contributed by atoms with van der Waals surface area (Å²) in [6, 6.07) is 14.7. The number of hydrogen-bond acceptors (Lipinski definition) is 5. The molecular weight excluding hydrogens is 559 g/mol. The smallest absolute Gasteiger partial charge is 0.303 e. The first-order valence-electron chi connectivity index (χ1n) is 14.4. The van der Waals surface area contributed by atoms with E-state index in [1.807, 2.05) is 37.3 Å². The summed E-state index contributed by atoms with van der Waals surface area (Å²) >= 11 is 0. The van der Waals surface area contributed by atoms with Gasteiger partial charge in [0.1, 0.15) is 5.82 Å². The van der Waals surface area contributed by atoms with Gasteiger partial charge >= 0.3 is 5.97 Å². The minimum Gasteiger partial charge on any atom is -0.481 e. The third kappa shape index (κ3) is 5.44. The average molecular weight is 592 g/mol. The molecule has 2 aromatic carbocycles. The Balaban J connectivity index is 1.43. The Morgan fingerprint density at radius 1 is 1.00 bits per heavy atom. The molecule has 1 saturated carbocycles. The van der Waals surface area contributed by atoms with E-state index in [4.69, 9.17) is 5.11 Å². The van der Waals surface area contributed by atoms with Gasteiger partial charge in [-0.1, -0.05) is 44.2 Å². The van der Waals surface area contributed by atoms with Crippen molar-refractivity contribution in [1.82, 2.24) is 19.5 Å². The van der Waals surface area contributed by atoms with E-state index in [0.717, 1.165) is 17.7 Å². The molecule has 4 aromatic rings. The van der Waals surface area contributed by atoms with E-state index >= 15 is 0 Å². The van der Waals surface area contributed by atoms with E-state index in [1.54, 1.807) is 21.5 Å². The van der Waals surface area contributed by atoms with Gasteiger partial charge in [-0.2, -0.15) is 9.61 Å². The van der Waals surface area contributed by atoms with Gasteiger partial charge in [0, 0.05) is 43.8 Å². The SMILES string of the molecule is CC(C)CN(c1cc(-c2cc(F)c(F)c(F)c2)nc2cc(C(=O)N3CC4[C@@H](C3)[C@H]4CC(=O)O)nn12)[C@@H](C)c1ccccc1. The number of nitrogens with zero attached hydrogens (tertiary/aromatic N) is 5. The molecule has 1 aliphatic carbocycles. The number of aliphatic carboxylic acids is 1. The second-order valence-corrected chi connectivity index (χ2v) is 12.0. The van der Waals surface area contributed by atoms with Gasteiger partial charge in [0.25, 0.3) is 5.91 Å². The number of aromatic nitrogens is 3. The van der Waals surface area contributed by atoms with E-state index in [9.17, 15) is 22.8 Å². The summed E-state index contributed by atoms with van der Waals surface area (Å²) in [5, 5.41) is 13.8. The van der Waals surface area contributed by atoms with Gasteiger partial charge in [-0.25, -0.2) is 18.2 Å². The Labute approximate surface area is 246 Å². The van der Waals surface area contributed by atoms with Crippen molar-refractivity contribution in [2.24, 2.45) is 23.7 Å². The van der Waals surface area contributed by atoms with Crippen molar-refractivity contribution < 1.29 is 27.9 Å². The van der Waals surface area contributed by atoms with Gasteiger partial charge in [0.2, 0.25) is 0 Å². The minimum atomic E-state index is -1.56. The number of carboxylic acid groups (broad SMARTS) is 1. The lowest BCUT2D eigenvalue weighted by molar-refractivity contribution is -0.137. The molecule has 1 aliphatic heterocycles. The molecule has 3 heterocycles. The molecule has 2 aromatic heterocycles. The van der Waals surface area contributed by atoms with Crippen LogP contribution in [0.2, 0.25) is 0 Å². The fourth-order valence-corrected chi connectivity index (χ4v) is 6.36. The van der Waals surface area contributed by atoms with Crippen molar-refractivity contribution in [1.29, 1.82) is 0 Å². The second-order valence-electron chi connectivity index (χ2n) is 12.0. The quantitative estimate of drug-likeness (QED) is 0.247. The summed E-state index contributed by atoms with van der Waals surface area (Å²) in [6.07, 6.45) is 0.109. The highest BCUT2D eigenvalue weighted by Gasteiger charge is 2.57. The second kappa shape index (κ2) is 11.0. The summed E-state index contributed by atoms with van der Waals surface area (Å²) in [6.45, 7) is 7.72. The number of carboxylic acids is 1. The standard InChI is InChI=1S/C32H32F3N5O3/c1-17(2)14-39(18(3)19-7-5-4-6-8-19)29-13-26(20-9-24(33)31(35)25(34)10-20)36-28-12-27(37-40(28)29)32(43)38-15-22-21(11-30(41)42)23(22)16-38/h4-10,12-13,17-18,21-23H,11,14-16H2,1-3H3,(H,41,42)/t18-,21-,22?,23-/m0/s1. The lowest BCUT2D eigenvalue weighted by atomic mass is 10.0. The molecule has 0 bridgehead atoms. The summed E-state index contributed by atoms with van der Waals surface area (Å²) < 4.78 is 43.9. The lowest BCUT2D eigenvalue weighted by Crippen LogP contribution is -2.33. The molecule has 0 radical (unpaired) electrons. The van der Waals surface area contributed by atoms with Gasteiger partial charge in [-0.05, 0) is 48.3 Å². The Bertz CT molecular complexity index is 1670. The zero-order chi connectivity index (χ0) is 30.6. The molecule has 11 heteroatoms. The minimum absolute atomic E-state index is 0.0511. The summed E-state index contributed by atoms with van der Waals surface area (Å²) in [7, 11) is 0. The molecule has 1 N–H and O–H groups in total. The number of carbonyl (C=O) groups is 2. The van der Waals surface area contributed by atoms with E-state index in [0.29, 0.717) is 31.1 Å². The van der Waals surface area contributed by atoms with Crippen LogP contribution >= 0.6 is 0 Å². The number of benzene rings is 2. The molecule has 2 fully saturated rings. The molecule has 4 atom stereocenters. The number of rotatable bonds is 9. The maximum Gasteiger partial charge on any atom is 0.303 e. The van der Waals surface area contributed by atoms with E-state index in [2.05, 4.69) is 28.8 Å². The molecule has 43 heavy (non-hydrogen) atoms. The van der Waals surface area contributed by atoms with Crippen LogP contribution in [0.15, 0.2) is 54.6 Å². The predicted octanol–water partition coefficient (Wildman–Crippen LogP) is 5.83. The van der Waals surface area contributed by atoms with Crippen LogP contribution in [0.1, 0.15) is 49.3 Å². The predicted molar refractivity (Wildman–Crippen MR) is 154 cm³/mol. The van der Waals surface area contributed by atoms with Crippen molar-refractivity contribution >= 4 is 23.3 Å². The largest absolute Gasteiger partial charge is 0.481 e. The molecule has 0 spiro atoms. The Morgan fingerprint density at radius 3 is 2.26 bits per heavy atom. The van der Waals surface area contributed by atoms with Gasteiger partial charge in [-0.15, -0.1) is 0 Å². The highest BCUT2D eigenvalue weighted by Crippen LogP contribution is 2.53. The molecule has 2 aliphatic rings. The summed E-state index contributed by atoms with van der Waals surface area (Å²) in [5.74, 6) is -4.11. The van der Waals surface area contributed by atoms with E-state index < -0.39 is 23.4 Å². The Kier molecular flexibility index (Phi) is 7.35. The molecule has 8 nitrogen and oxygen atoms in total. The first-order valence-corrected chi connectivity index (χ1v) is 14.4. The number of hydrogen-bond donors (Lipinski definition) is 1. The van der Waals surface area contributed by atoms with Crippen molar-refractivity contribution in [3.63, 3.8) is 0 Å². The zero-order valence-electron chi connectivity index (χ0n) is 24.0. The van der Waals surface area contributed by atoms with Gasteiger partial charge in [0.05, 0.1) is 11.7 Å². The molecular formula is C32H32F3N5O3. The van der Waals surface area contributed by atoms with E-state index in [1.165, 1.54) is 0 Å². The number of piperidine rings is 1. The van der Waals surface area contributed by atoms with Gasteiger partial charge in [-0.3, -0.25) is 9.59 Å². The van der Waals surface area contributed by atoms with Crippen LogP contribution in [0.25, 0.3) is 16.9 Å². The van der Waals surface area contributed by atoms with Crippen molar-refractivity contribution in [2.45, 2.75) is 33.2 Å². The fourth-order valence-electron chi connectivity index (χ4n) is 6.36. The molecule has 1 saturated heterocycles. The first kappa shape index (κ1) is 28.7. The number of halogens is 3. The van der Waals surface area contributed by atoms with Crippen LogP contribution in [-0.4, -0.2) is 56.1 Å². The Hall–Kier alpha value is -4.41. The lowest BCUT2D eigenvalue weighted by Gasteiger charge is -2.33. The van der Waals surface area contributed by atoms with Gasteiger partial charge in [0.15, 0.2) is 28.8 Å². The Morgan fingerprint density at radius 2 is 1.65 bits per heavy atom. The topological polar surface area (TPSA) is 91.0 Å². The summed E-state index contributed by atoms with van der Waals surface area (Å²) in [4.78, 5) is 33.1. The third-order valence-corrected chi connectivity index (χ3v) is 8.58. The fraction of sp³-hybridized carbons (Fsp3) is 0.375. The molecule has 224 valence electrons. The average Bonchev–Trinajstić information content (AvgIpc) is 3.32. The van der Waals surface area contributed by atoms with Crippen molar-refractivity contribution in [3.05, 3.63) is 83.3 Å². The number of carbonyl (C=O) groups excluding carboxylic acids is 1. The van der Waals surface area contributed by atoms with Crippen LogP contribution in [0, 0.1) is 41.1 Å². The number of anilines is 1. The van der Waals surface area contributed by atoms with Crippen LogP contribution in [-0.2, 0) is 4.79 Å². The van der Waals surface area contributed by atoms with Crippen LogP contribution < -0.4 is 4.90 Å². The maximum absolute atomic E-state index is 14.3. The van der Waals surface area contributed by atoms with Gasteiger partial charge < -0.3 is 14.9 Å². The van der Waals surface area contributed by atoms with Crippen molar-refractivity contribution in [3.8, 4) is 11.3 Å². The summed E-state index contributed by atoms with van der Waals surface area (Å²) in [5.41, 5.74) is 1.74. The number of amides is 1. The number of fused-ring (bicyclic) bond motifs is 2. The zero-order valence-corrected chi connectivity index (χ0v) is 24.0.